The molecular formula is C33H42N10O4. The molecule has 2 fully saturated rings. The lowest BCUT2D eigenvalue weighted by molar-refractivity contribution is 0.00502. The van der Waals surface area contributed by atoms with E-state index in [-0.39, 0.29) is 6.10 Å². The predicted molar refractivity (Wildman–Crippen MR) is 173 cm³/mol. The lowest BCUT2D eigenvalue weighted by Crippen LogP contribution is -2.45. The highest BCUT2D eigenvalue weighted by atomic mass is 16.5. The molecular weight excluding hydrogens is 600 g/mol. The van der Waals surface area contributed by atoms with E-state index in [4.69, 9.17) is 24.0 Å². The number of anilines is 2. The number of rotatable bonds is 14. The van der Waals surface area contributed by atoms with Gasteiger partial charge in [-0.2, -0.15) is 10.4 Å². The highest BCUT2D eigenvalue weighted by molar-refractivity contribution is 5.67. The quantitative estimate of drug-likeness (QED) is 0.196. The van der Waals surface area contributed by atoms with Crippen LogP contribution >= 0.6 is 0 Å². The second-order valence-corrected chi connectivity index (χ2v) is 11.8. The monoisotopic (exact) mass is 642 g/mol. The van der Waals surface area contributed by atoms with Gasteiger partial charge in [0, 0.05) is 43.7 Å². The molecule has 2 aliphatic rings. The predicted octanol–water partition coefficient (Wildman–Crippen LogP) is 4.25. The fourth-order valence-electron chi connectivity index (χ4n) is 6.12. The van der Waals surface area contributed by atoms with E-state index in [1.54, 1.807) is 29.5 Å². The Morgan fingerprint density at radius 2 is 1.85 bits per heavy atom. The van der Waals surface area contributed by atoms with Crippen molar-refractivity contribution >= 4 is 11.6 Å². The summed E-state index contributed by atoms with van der Waals surface area (Å²) < 4.78 is 26.9. The maximum absolute atomic E-state index is 9.66. The topological polar surface area (TPSA) is 150 Å². The van der Waals surface area contributed by atoms with Crippen molar-refractivity contribution in [2.45, 2.75) is 64.3 Å². The van der Waals surface area contributed by atoms with Crippen molar-refractivity contribution in [3.8, 4) is 28.8 Å². The number of ether oxygens (including phenoxy) is 4. The van der Waals surface area contributed by atoms with Gasteiger partial charge in [0.05, 0.1) is 44.2 Å². The van der Waals surface area contributed by atoms with Gasteiger partial charge in [0.2, 0.25) is 5.95 Å². The van der Waals surface area contributed by atoms with Crippen molar-refractivity contribution in [1.29, 1.82) is 5.26 Å². The van der Waals surface area contributed by atoms with Gasteiger partial charge in [-0.15, -0.1) is 5.10 Å². The van der Waals surface area contributed by atoms with Gasteiger partial charge < -0.3 is 24.3 Å². The molecule has 0 bridgehead atoms. The standard InChI is InChI=1S/C33H42N10O4/c1-3-44-14-15-46-32-30(21-43(40-32)29-8-6-28(7-9-29)41-10-12-45-13-11-41)39-33-36-18-27(19-37-33)25-4-5-26(17-34)31(16-25)47-24(2)20-42-23-35-22-38-42/h4-5,16,18-19,21-24,28-29H,3,6-15,20H2,1-2H3,(H,36,37,39)/t24-,28?,29?/m0/s1. The molecule has 6 rings (SSSR count). The van der Waals surface area contributed by atoms with Crippen LogP contribution in [0.3, 0.4) is 0 Å². The Bertz CT molecular complexity index is 1590. The molecule has 1 saturated heterocycles. The van der Waals surface area contributed by atoms with E-state index in [1.807, 2.05) is 36.9 Å². The van der Waals surface area contributed by atoms with Crippen molar-refractivity contribution in [2.75, 3.05) is 51.4 Å². The van der Waals surface area contributed by atoms with Crippen LogP contribution < -0.4 is 14.8 Å². The third kappa shape index (κ3) is 8.42. The number of nitrogens with zero attached hydrogens (tertiary/aromatic N) is 9. The Morgan fingerprint density at radius 3 is 2.57 bits per heavy atom. The van der Waals surface area contributed by atoms with Crippen LogP contribution in [0.1, 0.15) is 51.1 Å². The average molecular weight is 643 g/mol. The minimum absolute atomic E-state index is 0.229. The number of benzene rings is 1. The fraction of sp³-hybridized carbons (Fsp3) is 0.515. The van der Waals surface area contributed by atoms with Crippen LogP contribution in [0.2, 0.25) is 0 Å². The van der Waals surface area contributed by atoms with Crippen molar-refractivity contribution in [3.63, 3.8) is 0 Å². The molecule has 4 aromatic rings. The molecule has 248 valence electrons. The third-order valence-corrected chi connectivity index (χ3v) is 8.54. The molecule has 3 aromatic heterocycles. The van der Waals surface area contributed by atoms with E-state index in [9.17, 15) is 5.26 Å². The average Bonchev–Trinajstić information content (AvgIpc) is 3.77. The first-order chi connectivity index (χ1) is 23.1. The highest BCUT2D eigenvalue weighted by Gasteiger charge is 2.29. The minimum Gasteiger partial charge on any atom is -0.487 e. The smallest absolute Gasteiger partial charge is 0.257 e. The summed E-state index contributed by atoms with van der Waals surface area (Å²) in [5.41, 5.74) is 2.77. The molecule has 0 spiro atoms. The van der Waals surface area contributed by atoms with Crippen molar-refractivity contribution in [1.82, 2.24) is 39.4 Å². The molecule has 1 aliphatic carbocycles. The van der Waals surface area contributed by atoms with E-state index >= 15 is 0 Å². The number of nitriles is 1. The van der Waals surface area contributed by atoms with Gasteiger partial charge in [-0.05, 0) is 57.2 Å². The zero-order chi connectivity index (χ0) is 32.4. The number of hydrogen-bond donors (Lipinski definition) is 1. The summed E-state index contributed by atoms with van der Waals surface area (Å²) in [4.78, 5) is 15.7. The zero-order valence-electron chi connectivity index (χ0n) is 27.0. The van der Waals surface area contributed by atoms with Crippen molar-refractivity contribution in [2.24, 2.45) is 0 Å². The first-order valence-electron chi connectivity index (χ1n) is 16.3. The highest BCUT2D eigenvalue weighted by Crippen LogP contribution is 2.35. The van der Waals surface area contributed by atoms with Crippen LogP contribution in [0, 0.1) is 11.3 Å². The molecule has 1 aromatic carbocycles. The second-order valence-electron chi connectivity index (χ2n) is 11.8. The van der Waals surface area contributed by atoms with Crippen LogP contribution in [-0.4, -0.2) is 97.7 Å². The SMILES string of the molecule is CCOCCOc1nn(C2CCC(N3CCOCC3)CC2)cc1Nc1ncc(-c2ccc(C#N)c(O[C@@H](C)Cn3cncn3)c2)cn1. The van der Waals surface area contributed by atoms with E-state index in [1.165, 1.54) is 6.33 Å². The van der Waals surface area contributed by atoms with Crippen LogP contribution in [0.4, 0.5) is 11.6 Å². The summed E-state index contributed by atoms with van der Waals surface area (Å²) in [5.74, 6) is 1.41. The zero-order valence-corrected chi connectivity index (χ0v) is 27.0. The lowest BCUT2D eigenvalue weighted by atomic mass is 9.90. The Hall–Kier alpha value is -4.58. The molecule has 14 heteroatoms. The largest absolute Gasteiger partial charge is 0.487 e. The van der Waals surface area contributed by atoms with Gasteiger partial charge in [0.15, 0.2) is 0 Å². The van der Waals surface area contributed by atoms with Gasteiger partial charge >= 0.3 is 0 Å². The molecule has 1 N–H and O–H groups in total. The molecule has 0 radical (unpaired) electrons. The summed E-state index contributed by atoms with van der Waals surface area (Å²) in [6.45, 7) is 9.58. The van der Waals surface area contributed by atoms with E-state index in [2.05, 4.69) is 36.3 Å². The molecule has 1 aliphatic heterocycles. The summed E-state index contributed by atoms with van der Waals surface area (Å²) in [7, 11) is 0. The molecule has 1 atom stereocenters. The van der Waals surface area contributed by atoms with Gasteiger partial charge in [-0.25, -0.2) is 19.6 Å². The normalized spacial score (nSPS) is 19.2. The Balaban J connectivity index is 1.13. The molecule has 0 amide bonds. The van der Waals surface area contributed by atoms with Crippen molar-refractivity contribution < 1.29 is 18.9 Å². The Labute approximate surface area is 274 Å². The second kappa shape index (κ2) is 15.8. The Kier molecular flexibility index (Phi) is 10.9. The van der Waals surface area contributed by atoms with E-state index in [0.717, 1.165) is 63.1 Å². The number of morpholine rings is 1. The van der Waals surface area contributed by atoms with Crippen LogP contribution in [-0.2, 0) is 16.0 Å². The summed E-state index contributed by atoms with van der Waals surface area (Å²) in [6.07, 6.45) is 12.8. The van der Waals surface area contributed by atoms with Crippen LogP contribution in [0.25, 0.3) is 11.1 Å². The van der Waals surface area contributed by atoms with Gasteiger partial charge in [0.25, 0.3) is 5.88 Å². The van der Waals surface area contributed by atoms with Gasteiger partial charge in [0.1, 0.15) is 42.9 Å². The maximum atomic E-state index is 9.66. The molecule has 0 unspecified atom stereocenters. The van der Waals surface area contributed by atoms with E-state index in [0.29, 0.717) is 67.3 Å². The summed E-state index contributed by atoms with van der Waals surface area (Å²) >= 11 is 0. The third-order valence-electron chi connectivity index (χ3n) is 8.54. The summed E-state index contributed by atoms with van der Waals surface area (Å²) in [6, 6.07) is 8.56. The lowest BCUT2D eigenvalue weighted by Gasteiger charge is -2.38. The Morgan fingerprint density at radius 1 is 1.06 bits per heavy atom. The first kappa shape index (κ1) is 32.4. The molecule has 47 heavy (non-hydrogen) atoms. The summed E-state index contributed by atoms with van der Waals surface area (Å²) in [5, 5.41) is 21.9. The van der Waals surface area contributed by atoms with Gasteiger partial charge in [-0.1, -0.05) is 6.07 Å². The van der Waals surface area contributed by atoms with Crippen LogP contribution in [0.5, 0.6) is 11.6 Å². The van der Waals surface area contributed by atoms with Crippen LogP contribution in [0.15, 0.2) is 49.4 Å². The van der Waals surface area contributed by atoms with Crippen molar-refractivity contribution in [3.05, 3.63) is 55.0 Å². The molecule has 1 saturated carbocycles. The first-order valence-corrected chi connectivity index (χ1v) is 16.3. The minimum atomic E-state index is -0.229. The maximum Gasteiger partial charge on any atom is 0.257 e. The number of hydrogen-bond acceptors (Lipinski definition) is 12. The number of nitrogens with one attached hydrogen (secondary N) is 1. The number of aromatic nitrogens is 7. The molecule has 14 nitrogen and oxygen atoms in total. The van der Waals surface area contributed by atoms with Gasteiger partial charge in [-0.3, -0.25) is 9.58 Å². The molecule has 4 heterocycles. The van der Waals surface area contributed by atoms with E-state index < -0.39 is 0 Å². The fourth-order valence-corrected chi connectivity index (χ4v) is 6.12.